The lowest BCUT2D eigenvalue weighted by molar-refractivity contribution is -0.137. The molecule has 4 aromatic rings. The second-order valence-corrected chi connectivity index (χ2v) is 8.96. The first-order valence-corrected chi connectivity index (χ1v) is 12.7. The van der Waals surface area contributed by atoms with E-state index in [1.54, 1.807) is 30.6 Å². The molecule has 0 aliphatic heterocycles. The minimum atomic E-state index is -4.35. The first kappa shape index (κ1) is 29.6. The molecule has 0 saturated carbocycles. The van der Waals surface area contributed by atoms with E-state index in [1.807, 2.05) is 38.1 Å². The maximum absolute atomic E-state index is 12.6. The number of alkyl halides is 3. The Kier molecular flexibility index (Phi) is 10.9. The van der Waals surface area contributed by atoms with Crippen LogP contribution in [0.1, 0.15) is 41.4 Å². The Morgan fingerprint density at radius 2 is 1.38 bits per heavy atom. The van der Waals surface area contributed by atoms with E-state index < -0.39 is 11.7 Å². The van der Waals surface area contributed by atoms with Gasteiger partial charge in [0.15, 0.2) is 0 Å². The van der Waals surface area contributed by atoms with Crippen LogP contribution in [0.4, 0.5) is 13.2 Å². The van der Waals surface area contributed by atoms with Crippen molar-refractivity contribution in [2.75, 3.05) is 0 Å². The Morgan fingerprint density at radius 3 is 1.95 bits per heavy atom. The Labute approximate surface area is 230 Å². The number of rotatable bonds is 9. The van der Waals surface area contributed by atoms with Crippen LogP contribution in [0.5, 0.6) is 17.2 Å². The lowest BCUT2D eigenvalue weighted by atomic mass is 10.1. The molecular weight excluding hydrogens is 529 g/mol. The maximum atomic E-state index is 12.6. The SMILES string of the molecule is CCc1ncnc(CCCc2ccc(Oc3ccc(C(F)(F)F)cc3)cc2)c1Cl.Cc1ccc(OC=O)cc1. The van der Waals surface area contributed by atoms with Crippen molar-refractivity contribution in [3.63, 3.8) is 0 Å². The summed E-state index contributed by atoms with van der Waals surface area (Å²) in [5.41, 5.74) is 3.31. The van der Waals surface area contributed by atoms with Gasteiger partial charge in [0.1, 0.15) is 23.6 Å². The van der Waals surface area contributed by atoms with Gasteiger partial charge >= 0.3 is 6.18 Å². The van der Waals surface area contributed by atoms with Crippen molar-refractivity contribution in [3.05, 3.63) is 112 Å². The summed E-state index contributed by atoms with van der Waals surface area (Å²) < 4.78 is 48.0. The molecule has 204 valence electrons. The van der Waals surface area contributed by atoms with Gasteiger partial charge in [0, 0.05) is 0 Å². The Bertz CT molecular complexity index is 1330. The average molecular weight is 557 g/mol. The topological polar surface area (TPSA) is 61.3 Å². The van der Waals surface area contributed by atoms with Crippen LogP contribution in [0.2, 0.25) is 5.02 Å². The van der Waals surface area contributed by atoms with Crippen LogP contribution in [-0.4, -0.2) is 16.4 Å². The van der Waals surface area contributed by atoms with Gasteiger partial charge in [-0.3, -0.25) is 4.79 Å². The standard InChI is InChI=1S/C22H20ClF3N2O.C8H8O2/c1-2-19-21(23)20(28-14-27-19)5-3-4-15-6-10-17(11-7-15)29-18-12-8-16(9-13-18)22(24,25)26;1-7-2-4-8(5-3-7)10-6-9/h6-14H,2-5H2,1H3;2-6H,1H3. The zero-order valence-electron chi connectivity index (χ0n) is 21.5. The highest BCUT2D eigenvalue weighted by atomic mass is 35.5. The summed E-state index contributed by atoms with van der Waals surface area (Å²) in [6.07, 6.45) is 0.468. The van der Waals surface area contributed by atoms with Crippen molar-refractivity contribution < 1.29 is 27.4 Å². The lowest BCUT2D eigenvalue weighted by Gasteiger charge is -2.10. The minimum Gasteiger partial charge on any atom is -0.457 e. The molecule has 1 heterocycles. The first-order valence-electron chi connectivity index (χ1n) is 12.3. The average Bonchev–Trinajstić information content (AvgIpc) is 2.92. The van der Waals surface area contributed by atoms with E-state index in [2.05, 4.69) is 14.7 Å². The molecule has 0 N–H and O–H groups in total. The van der Waals surface area contributed by atoms with Crippen LogP contribution in [0.15, 0.2) is 79.1 Å². The predicted molar refractivity (Wildman–Crippen MR) is 144 cm³/mol. The largest absolute Gasteiger partial charge is 0.457 e. The Morgan fingerprint density at radius 1 is 0.821 bits per heavy atom. The number of nitrogens with zero attached hydrogens (tertiary/aromatic N) is 2. The van der Waals surface area contributed by atoms with Crippen molar-refractivity contribution in [3.8, 4) is 17.2 Å². The molecule has 39 heavy (non-hydrogen) atoms. The van der Waals surface area contributed by atoms with Crippen LogP contribution in [0.3, 0.4) is 0 Å². The van der Waals surface area contributed by atoms with E-state index >= 15 is 0 Å². The van der Waals surface area contributed by atoms with Gasteiger partial charge in [0.05, 0.1) is 22.0 Å². The number of halogens is 4. The third-order valence-corrected chi connectivity index (χ3v) is 6.13. The lowest BCUT2D eigenvalue weighted by Crippen LogP contribution is -2.03. The van der Waals surface area contributed by atoms with E-state index in [1.165, 1.54) is 12.1 Å². The summed E-state index contributed by atoms with van der Waals surface area (Å²) in [5.74, 6) is 1.51. The summed E-state index contributed by atoms with van der Waals surface area (Å²) in [6.45, 7) is 4.40. The smallest absolute Gasteiger partial charge is 0.416 e. The first-order chi connectivity index (χ1) is 18.7. The highest BCUT2D eigenvalue weighted by molar-refractivity contribution is 6.31. The Hall–Kier alpha value is -3.91. The normalized spacial score (nSPS) is 10.8. The molecule has 0 fully saturated rings. The summed E-state index contributed by atoms with van der Waals surface area (Å²) in [4.78, 5) is 18.3. The van der Waals surface area contributed by atoms with Gasteiger partial charge in [0.2, 0.25) is 0 Å². The minimum absolute atomic E-state index is 0.357. The van der Waals surface area contributed by atoms with Gasteiger partial charge in [0.25, 0.3) is 6.47 Å². The monoisotopic (exact) mass is 556 g/mol. The predicted octanol–water partition coefficient (Wildman–Crippen LogP) is 8.21. The maximum Gasteiger partial charge on any atom is 0.416 e. The van der Waals surface area contributed by atoms with E-state index in [-0.39, 0.29) is 0 Å². The molecule has 0 atom stereocenters. The van der Waals surface area contributed by atoms with E-state index in [0.29, 0.717) is 28.7 Å². The molecule has 1 aromatic heterocycles. The third kappa shape index (κ3) is 9.41. The Balaban J connectivity index is 0.000000353. The van der Waals surface area contributed by atoms with Crippen molar-refractivity contribution in [2.45, 2.75) is 45.7 Å². The fourth-order valence-corrected chi connectivity index (χ4v) is 3.90. The fourth-order valence-electron chi connectivity index (χ4n) is 3.57. The summed E-state index contributed by atoms with van der Waals surface area (Å²) in [6, 6.07) is 19.4. The number of ether oxygens (including phenoxy) is 2. The molecule has 3 aromatic carbocycles. The van der Waals surface area contributed by atoms with Crippen LogP contribution in [0, 0.1) is 6.92 Å². The molecule has 9 heteroatoms. The molecule has 0 aliphatic rings. The highest BCUT2D eigenvalue weighted by Gasteiger charge is 2.30. The molecule has 0 spiro atoms. The number of carbonyl (C=O) groups is 1. The van der Waals surface area contributed by atoms with Gasteiger partial charge in [-0.05, 0) is 86.7 Å². The summed E-state index contributed by atoms with van der Waals surface area (Å²) in [5, 5.41) is 0.648. The van der Waals surface area contributed by atoms with E-state index in [0.717, 1.165) is 60.3 Å². The summed E-state index contributed by atoms with van der Waals surface area (Å²) >= 11 is 6.32. The number of hydrogen-bond acceptors (Lipinski definition) is 5. The van der Waals surface area contributed by atoms with Gasteiger partial charge in [-0.15, -0.1) is 0 Å². The molecule has 5 nitrogen and oxygen atoms in total. The van der Waals surface area contributed by atoms with Crippen molar-refractivity contribution in [2.24, 2.45) is 0 Å². The second-order valence-electron chi connectivity index (χ2n) is 8.58. The molecule has 0 amide bonds. The van der Waals surface area contributed by atoms with Crippen LogP contribution < -0.4 is 9.47 Å². The number of carbonyl (C=O) groups excluding carboxylic acids is 1. The second kappa shape index (κ2) is 14.3. The number of aromatic nitrogens is 2. The third-order valence-electron chi connectivity index (χ3n) is 5.69. The van der Waals surface area contributed by atoms with Crippen LogP contribution in [0.25, 0.3) is 0 Å². The zero-order chi connectivity index (χ0) is 28.3. The fraction of sp³-hybridized carbons (Fsp3) is 0.233. The van der Waals surface area contributed by atoms with Gasteiger partial charge in [-0.1, -0.05) is 48.4 Å². The van der Waals surface area contributed by atoms with E-state index in [4.69, 9.17) is 16.3 Å². The highest BCUT2D eigenvalue weighted by Crippen LogP contribution is 2.31. The molecular formula is C30H28ClF3N2O3. The molecule has 4 rings (SSSR count). The van der Waals surface area contributed by atoms with Crippen LogP contribution in [-0.2, 0) is 30.2 Å². The summed E-state index contributed by atoms with van der Waals surface area (Å²) in [7, 11) is 0. The van der Waals surface area contributed by atoms with Gasteiger partial charge in [-0.25, -0.2) is 9.97 Å². The van der Waals surface area contributed by atoms with Crippen LogP contribution >= 0.6 is 11.6 Å². The molecule has 0 unspecified atom stereocenters. The number of aryl methyl sites for hydroxylation is 4. The van der Waals surface area contributed by atoms with Crippen molar-refractivity contribution in [1.82, 2.24) is 9.97 Å². The number of hydrogen-bond donors (Lipinski definition) is 0. The molecule has 0 aliphatic carbocycles. The molecule has 0 saturated heterocycles. The van der Waals surface area contributed by atoms with Gasteiger partial charge in [-0.2, -0.15) is 13.2 Å². The van der Waals surface area contributed by atoms with Crippen molar-refractivity contribution in [1.29, 1.82) is 0 Å². The zero-order valence-corrected chi connectivity index (χ0v) is 22.3. The molecule has 0 bridgehead atoms. The number of benzene rings is 3. The van der Waals surface area contributed by atoms with Crippen molar-refractivity contribution >= 4 is 18.1 Å². The molecule has 0 radical (unpaired) electrons. The van der Waals surface area contributed by atoms with E-state index in [9.17, 15) is 18.0 Å². The quantitative estimate of drug-likeness (QED) is 0.194. The van der Waals surface area contributed by atoms with Gasteiger partial charge < -0.3 is 9.47 Å².